The van der Waals surface area contributed by atoms with E-state index in [1.165, 1.54) is 0 Å². The topological polar surface area (TPSA) is 50.4 Å². The van der Waals surface area contributed by atoms with Crippen LogP contribution in [0, 0.1) is 5.92 Å². The average Bonchev–Trinajstić information content (AvgIpc) is 2.37. The van der Waals surface area contributed by atoms with Crippen LogP contribution in [0.2, 0.25) is 5.02 Å². The van der Waals surface area contributed by atoms with Crippen LogP contribution in [-0.4, -0.2) is 32.2 Å². The number of halogens is 1. The van der Waals surface area contributed by atoms with Crippen LogP contribution in [0.3, 0.4) is 0 Å². The summed E-state index contributed by atoms with van der Waals surface area (Å²) in [4.78, 5) is 11.7. The van der Waals surface area contributed by atoms with Gasteiger partial charge in [-0.05, 0) is 37.1 Å². The molecule has 0 fully saturated rings. The lowest BCUT2D eigenvalue weighted by Gasteiger charge is -2.08. The summed E-state index contributed by atoms with van der Waals surface area (Å²) in [5.74, 6) is 0.488. The Kier molecular flexibility index (Phi) is 8.26. The van der Waals surface area contributed by atoms with Crippen LogP contribution >= 0.6 is 11.6 Å². The van der Waals surface area contributed by atoms with Crippen LogP contribution in [-0.2, 0) is 9.53 Å². The molecule has 0 aliphatic carbocycles. The lowest BCUT2D eigenvalue weighted by atomic mass is 10.2. The standard InChI is InChI=1S/C15H23ClN2O2/c1-12(2)11-20-8-4-7-17-10-15(19)18-14-6-3-5-13(16)9-14/h3,5-6,9,12,17H,4,7-8,10-11H2,1-2H3,(H,18,19). The number of benzene rings is 1. The quantitative estimate of drug-likeness (QED) is 0.689. The minimum Gasteiger partial charge on any atom is -0.381 e. The maximum absolute atomic E-state index is 11.7. The Balaban J connectivity index is 2.06. The summed E-state index contributed by atoms with van der Waals surface area (Å²) in [6.45, 7) is 6.81. The van der Waals surface area contributed by atoms with E-state index in [1.54, 1.807) is 18.2 Å². The van der Waals surface area contributed by atoms with E-state index in [4.69, 9.17) is 16.3 Å². The van der Waals surface area contributed by atoms with E-state index in [0.29, 0.717) is 16.6 Å². The van der Waals surface area contributed by atoms with E-state index >= 15 is 0 Å². The summed E-state index contributed by atoms with van der Waals surface area (Å²) in [7, 11) is 0. The van der Waals surface area contributed by atoms with Crippen molar-refractivity contribution in [1.82, 2.24) is 5.32 Å². The van der Waals surface area contributed by atoms with Crippen molar-refractivity contribution in [1.29, 1.82) is 0 Å². The zero-order valence-electron chi connectivity index (χ0n) is 12.1. The summed E-state index contributed by atoms with van der Waals surface area (Å²) >= 11 is 5.84. The van der Waals surface area contributed by atoms with Crippen molar-refractivity contribution in [2.45, 2.75) is 20.3 Å². The molecule has 20 heavy (non-hydrogen) atoms. The van der Waals surface area contributed by atoms with Crippen molar-refractivity contribution in [3.63, 3.8) is 0 Å². The molecule has 1 rings (SSSR count). The van der Waals surface area contributed by atoms with Gasteiger partial charge in [0.1, 0.15) is 0 Å². The lowest BCUT2D eigenvalue weighted by molar-refractivity contribution is -0.115. The third-order valence-corrected chi connectivity index (χ3v) is 2.72. The van der Waals surface area contributed by atoms with Gasteiger partial charge in [-0.2, -0.15) is 0 Å². The molecule has 2 N–H and O–H groups in total. The SMILES string of the molecule is CC(C)COCCCNCC(=O)Nc1cccc(Cl)c1. The molecule has 0 aliphatic heterocycles. The van der Waals surface area contributed by atoms with Crippen molar-refractivity contribution >= 4 is 23.2 Å². The highest BCUT2D eigenvalue weighted by atomic mass is 35.5. The number of rotatable bonds is 9. The van der Waals surface area contributed by atoms with Crippen LogP contribution in [0.5, 0.6) is 0 Å². The maximum Gasteiger partial charge on any atom is 0.238 e. The first-order valence-corrected chi connectivity index (χ1v) is 7.29. The number of hydrogen-bond donors (Lipinski definition) is 2. The predicted octanol–water partition coefficient (Wildman–Crippen LogP) is 2.93. The predicted molar refractivity (Wildman–Crippen MR) is 83.2 cm³/mol. The number of carbonyl (C=O) groups excluding carboxylic acids is 1. The van der Waals surface area contributed by atoms with Crippen LogP contribution in [0.15, 0.2) is 24.3 Å². The van der Waals surface area contributed by atoms with Gasteiger partial charge in [0.15, 0.2) is 0 Å². The molecule has 0 saturated heterocycles. The summed E-state index contributed by atoms with van der Waals surface area (Å²) in [6, 6.07) is 7.10. The van der Waals surface area contributed by atoms with Gasteiger partial charge in [0.05, 0.1) is 6.54 Å². The summed E-state index contributed by atoms with van der Waals surface area (Å²) in [5.41, 5.74) is 0.713. The Bertz CT molecular complexity index is 411. The Hall–Kier alpha value is -1.10. The second-order valence-corrected chi connectivity index (χ2v) is 5.49. The zero-order valence-corrected chi connectivity index (χ0v) is 12.9. The smallest absolute Gasteiger partial charge is 0.238 e. The van der Waals surface area contributed by atoms with Gasteiger partial charge in [-0.3, -0.25) is 4.79 Å². The highest BCUT2D eigenvalue weighted by Gasteiger charge is 2.02. The van der Waals surface area contributed by atoms with E-state index in [2.05, 4.69) is 24.5 Å². The molecule has 1 aromatic carbocycles. The van der Waals surface area contributed by atoms with Gasteiger partial charge < -0.3 is 15.4 Å². The molecule has 0 saturated carbocycles. The molecule has 0 aliphatic rings. The first kappa shape index (κ1) is 17.0. The molecule has 4 nitrogen and oxygen atoms in total. The van der Waals surface area contributed by atoms with Crippen LogP contribution in [0.1, 0.15) is 20.3 Å². The molecular weight excluding hydrogens is 276 g/mol. The number of amides is 1. The Labute approximate surface area is 125 Å². The number of nitrogens with one attached hydrogen (secondary N) is 2. The maximum atomic E-state index is 11.7. The number of hydrogen-bond acceptors (Lipinski definition) is 3. The minimum atomic E-state index is -0.0737. The third kappa shape index (κ3) is 8.15. The molecule has 0 spiro atoms. The van der Waals surface area contributed by atoms with E-state index in [0.717, 1.165) is 26.2 Å². The number of carbonyl (C=O) groups is 1. The fourth-order valence-corrected chi connectivity index (χ4v) is 1.78. The van der Waals surface area contributed by atoms with Gasteiger partial charge in [0, 0.05) is 23.9 Å². The highest BCUT2D eigenvalue weighted by Crippen LogP contribution is 2.14. The summed E-state index contributed by atoms with van der Waals surface area (Å²) in [5, 5.41) is 6.48. The zero-order chi connectivity index (χ0) is 14.8. The number of ether oxygens (including phenoxy) is 1. The second kappa shape index (κ2) is 9.75. The Morgan fingerprint density at radius 3 is 2.90 bits per heavy atom. The fraction of sp³-hybridized carbons (Fsp3) is 0.533. The van der Waals surface area contributed by atoms with Crippen LogP contribution in [0.25, 0.3) is 0 Å². The van der Waals surface area contributed by atoms with Gasteiger partial charge in [-0.25, -0.2) is 0 Å². The monoisotopic (exact) mass is 298 g/mol. The van der Waals surface area contributed by atoms with E-state index < -0.39 is 0 Å². The molecule has 0 atom stereocenters. The van der Waals surface area contributed by atoms with E-state index in [1.807, 2.05) is 6.07 Å². The minimum absolute atomic E-state index is 0.0737. The largest absolute Gasteiger partial charge is 0.381 e. The molecule has 1 amide bonds. The van der Waals surface area contributed by atoms with Gasteiger partial charge in [0.2, 0.25) is 5.91 Å². The van der Waals surface area contributed by atoms with Crippen molar-refractivity contribution in [2.75, 3.05) is 31.6 Å². The molecule has 0 radical (unpaired) electrons. The van der Waals surface area contributed by atoms with Crippen molar-refractivity contribution in [2.24, 2.45) is 5.92 Å². The van der Waals surface area contributed by atoms with Crippen molar-refractivity contribution in [3.05, 3.63) is 29.3 Å². The summed E-state index contributed by atoms with van der Waals surface area (Å²) in [6.07, 6.45) is 0.900. The van der Waals surface area contributed by atoms with E-state index in [-0.39, 0.29) is 12.5 Å². The van der Waals surface area contributed by atoms with Gasteiger partial charge in [-0.1, -0.05) is 31.5 Å². The number of anilines is 1. The van der Waals surface area contributed by atoms with E-state index in [9.17, 15) is 4.79 Å². The molecule has 5 heteroatoms. The Morgan fingerprint density at radius 2 is 2.20 bits per heavy atom. The molecule has 0 aromatic heterocycles. The van der Waals surface area contributed by atoms with Gasteiger partial charge in [-0.15, -0.1) is 0 Å². The van der Waals surface area contributed by atoms with Gasteiger partial charge in [0.25, 0.3) is 0 Å². The average molecular weight is 299 g/mol. The first-order chi connectivity index (χ1) is 9.58. The lowest BCUT2D eigenvalue weighted by Crippen LogP contribution is -2.29. The van der Waals surface area contributed by atoms with Crippen LogP contribution < -0.4 is 10.6 Å². The van der Waals surface area contributed by atoms with Crippen molar-refractivity contribution in [3.8, 4) is 0 Å². The van der Waals surface area contributed by atoms with Crippen molar-refractivity contribution < 1.29 is 9.53 Å². The molecule has 0 bridgehead atoms. The molecule has 112 valence electrons. The fourth-order valence-electron chi connectivity index (χ4n) is 1.59. The van der Waals surface area contributed by atoms with Gasteiger partial charge >= 0.3 is 0 Å². The third-order valence-electron chi connectivity index (χ3n) is 2.49. The molecule has 0 heterocycles. The normalized spacial score (nSPS) is 10.8. The highest BCUT2D eigenvalue weighted by molar-refractivity contribution is 6.30. The Morgan fingerprint density at radius 1 is 1.40 bits per heavy atom. The molecule has 0 unspecified atom stereocenters. The second-order valence-electron chi connectivity index (χ2n) is 5.06. The van der Waals surface area contributed by atoms with Crippen LogP contribution in [0.4, 0.5) is 5.69 Å². The first-order valence-electron chi connectivity index (χ1n) is 6.92. The molecular formula is C15H23ClN2O2. The molecule has 1 aromatic rings. The summed E-state index contributed by atoms with van der Waals surface area (Å²) < 4.78 is 5.46.